The molecule has 6 N–H and O–H groups in total. The molecule has 1 aliphatic rings. The van der Waals surface area contributed by atoms with Crippen molar-refractivity contribution in [2.45, 2.75) is 307 Å². The average molecular weight is 1210 g/mol. The van der Waals surface area contributed by atoms with Gasteiger partial charge in [-0.05, 0) is 122 Å². The third-order valence-electron chi connectivity index (χ3n) is 15.2. The maximum absolute atomic E-state index is 13.5. The molecule has 87 heavy (non-hydrogen) atoms. The molecule has 11 nitrogen and oxygen atoms in total. The second-order valence-corrected chi connectivity index (χ2v) is 23.1. The molecule has 494 valence electrons. The van der Waals surface area contributed by atoms with E-state index >= 15 is 0 Å². The molecular formula is C76H125NO10. The van der Waals surface area contributed by atoms with Crippen LogP contribution in [0.4, 0.5) is 0 Å². The van der Waals surface area contributed by atoms with Gasteiger partial charge < -0.3 is 45.1 Å². The summed E-state index contributed by atoms with van der Waals surface area (Å²) >= 11 is 0. The van der Waals surface area contributed by atoms with Crippen LogP contribution in [0, 0.1) is 0 Å². The number of amides is 1. The van der Waals surface area contributed by atoms with Crippen molar-refractivity contribution in [3.8, 4) is 0 Å². The third kappa shape index (κ3) is 49.1. The predicted molar refractivity (Wildman–Crippen MR) is 365 cm³/mol. The molecule has 8 atom stereocenters. The van der Waals surface area contributed by atoms with Crippen molar-refractivity contribution in [1.82, 2.24) is 5.32 Å². The Hall–Kier alpha value is -4.46. The quantitative estimate of drug-likeness (QED) is 0.0195. The number of rotatable bonds is 57. The summed E-state index contributed by atoms with van der Waals surface area (Å²) in [4.78, 5) is 26.7. The maximum atomic E-state index is 13.5. The van der Waals surface area contributed by atoms with Crippen LogP contribution in [0.2, 0.25) is 0 Å². The normalized spacial score (nSPS) is 19.2. The topological polar surface area (TPSA) is 175 Å². The Labute approximate surface area is 530 Å². The molecule has 11 heteroatoms. The van der Waals surface area contributed by atoms with Gasteiger partial charge in [0.25, 0.3) is 0 Å². The molecule has 1 fully saturated rings. The van der Waals surface area contributed by atoms with Gasteiger partial charge in [0.2, 0.25) is 5.91 Å². The van der Waals surface area contributed by atoms with Crippen molar-refractivity contribution >= 4 is 11.9 Å². The van der Waals surface area contributed by atoms with Gasteiger partial charge in [-0.3, -0.25) is 9.59 Å². The Morgan fingerprint density at radius 1 is 0.460 bits per heavy atom. The Bertz CT molecular complexity index is 1980. The first-order valence-electron chi connectivity index (χ1n) is 34.6. The fourth-order valence-electron chi connectivity index (χ4n) is 9.86. The van der Waals surface area contributed by atoms with Crippen molar-refractivity contribution in [2.24, 2.45) is 0 Å². The number of aliphatic hydroxyl groups excluding tert-OH is 5. The van der Waals surface area contributed by atoms with E-state index in [0.29, 0.717) is 12.8 Å². The SMILES string of the molecule is CC/C=C\C/C=C\C/C=C\C/C=C\C/C=C\C/C=C\CCCCCC(O)C(=O)NC(COC1OC(CO)C(O)C(O)C1OC(=O)CCCCCCCCC/C=C\C/C=C\C/C=C\C/C=C\C/C=C\CC)C(O)/C=C/CCCCCCCCCCCCC. The van der Waals surface area contributed by atoms with E-state index in [1.54, 1.807) is 6.08 Å². The zero-order valence-corrected chi connectivity index (χ0v) is 54.8. The minimum absolute atomic E-state index is 0.0985. The number of ether oxygens (including phenoxy) is 3. The molecule has 0 bridgehead atoms. The summed E-state index contributed by atoms with van der Waals surface area (Å²) in [5.41, 5.74) is 0. The molecule has 0 aromatic rings. The van der Waals surface area contributed by atoms with Gasteiger partial charge in [0.15, 0.2) is 12.4 Å². The molecule has 1 amide bonds. The highest BCUT2D eigenvalue weighted by Gasteiger charge is 2.47. The van der Waals surface area contributed by atoms with Gasteiger partial charge in [-0.2, -0.15) is 0 Å². The lowest BCUT2D eigenvalue weighted by Crippen LogP contribution is -2.61. The summed E-state index contributed by atoms with van der Waals surface area (Å²) in [6.07, 6.45) is 78.7. The highest BCUT2D eigenvalue weighted by molar-refractivity contribution is 5.80. The fraction of sp³-hybridized carbons (Fsp3) is 0.658. The second-order valence-electron chi connectivity index (χ2n) is 23.1. The molecule has 0 radical (unpaired) electrons. The number of carbonyl (C=O) groups is 2. The smallest absolute Gasteiger partial charge is 0.306 e. The van der Waals surface area contributed by atoms with Crippen LogP contribution in [0.25, 0.3) is 0 Å². The summed E-state index contributed by atoms with van der Waals surface area (Å²) in [7, 11) is 0. The number of carbonyl (C=O) groups excluding carboxylic acids is 2. The van der Waals surface area contributed by atoms with Crippen LogP contribution in [0.3, 0.4) is 0 Å². The molecule has 0 aromatic carbocycles. The Morgan fingerprint density at radius 2 is 0.828 bits per heavy atom. The summed E-state index contributed by atoms with van der Waals surface area (Å²) in [5, 5.41) is 57.2. The van der Waals surface area contributed by atoms with E-state index in [9.17, 15) is 35.1 Å². The number of unbranched alkanes of at least 4 members (excludes halogenated alkanes) is 21. The molecule has 0 spiro atoms. The minimum Gasteiger partial charge on any atom is -0.454 e. The fourth-order valence-corrected chi connectivity index (χ4v) is 9.86. The van der Waals surface area contributed by atoms with Gasteiger partial charge in [-0.1, -0.05) is 276 Å². The van der Waals surface area contributed by atoms with E-state index < -0.39 is 67.4 Å². The van der Waals surface area contributed by atoms with E-state index in [0.717, 1.165) is 161 Å². The molecule has 1 saturated heterocycles. The van der Waals surface area contributed by atoms with Gasteiger partial charge in [0.1, 0.15) is 24.4 Å². The average Bonchev–Trinajstić information content (AvgIpc) is 2.25. The Morgan fingerprint density at radius 3 is 1.24 bits per heavy atom. The number of allylic oxidation sites excluding steroid dienone is 23. The monoisotopic (exact) mass is 1210 g/mol. The molecule has 1 aliphatic heterocycles. The van der Waals surface area contributed by atoms with E-state index in [-0.39, 0.29) is 19.4 Å². The lowest BCUT2D eigenvalue weighted by molar-refractivity contribution is -0.305. The second kappa shape index (κ2) is 61.8. The largest absolute Gasteiger partial charge is 0.454 e. The summed E-state index contributed by atoms with van der Waals surface area (Å²) in [6, 6.07) is -1.05. The standard InChI is InChI=1S/C76H125NO10/c1-4-7-10-13-16-19-22-25-27-29-31-33-35-37-39-41-43-46-49-52-55-58-61-64-71(81)87-74-73(83)72(82)70(65-78)86-76(74)85-66-67(68(79)62-59-56-53-50-47-44-24-21-18-15-12-9-6-3)77-75(84)69(80)63-60-57-54-51-48-45-42-40-38-36-34-32-30-28-26-23-20-17-14-11-8-5-2/h7-8,10-11,16-17,19-20,25-28,31-34,37-40,45,48,59,62,67-70,72-74,76,78-80,82-83H,4-6,9,12-15,18,21-24,29-30,35-36,41-44,46-47,49-58,60-61,63-66H2,1-3H3,(H,77,84)/b10-7-,11-8-,19-16-,20-17-,27-25-,28-26-,33-31-,34-32-,39-37-,40-38-,48-45-,62-59+. The molecule has 0 aliphatic carbocycles. The first-order valence-corrected chi connectivity index (χ1v) is 34.6. The van der Waals surface area contributed by atoms with Crippen molar-refractivity contribution in [3.63, 3.8) is 0 Å². The van der Waals surface area contributed by atoms with Crippen LogP contribution < -0.4 is 5.32 Å². The highest BCUT2D eigenvalue weighted by Crippen LogP contribution is 2.26. The maximum Gasteiger partial charge on any atom is 0.306 e. The molecular weight excluding hydrogens is 1090 g/mol. The summed E-state index contributed by atoms with van der Waals surface area (Å²) in [6.45, 7) is 5.55. The summed E-state index contributed by atoms with van der Waals surface area (Å²) in [5.74, 6) is -1.24. The summed E-state index contributed by atoms with van der Waals surface area (Å²) < 4.78 is 17.7. The van der Waals surface area contributed by atoms with Crippen molar-refractivity contribution in [2.75, 3.05) is 13.2 Å². The van der Waals surface area contributed by atoms with Crippen LogP contribution in [0.15, 0.2) is 146 Å². The molecule has 1 rings (SSSR count). The van der Waals surface area contributed by atoms with E-state index in [2.05, 4.69) is 160 Å². The van der Waals surface area contributed by atoms with Crippen LogP contribution >= 0.6 is 0 Å². The molecule has 0 saturated carbocycles. The lowest BCUT2D eigenvalue weighted by atomic mass is 9.99. The number of hydrogen-bond donors (Lipinski definition) is 6. The predicted octanol–water partition coefficient (Wildman–Crippen LogP) is 17.7. The third-order valence-corrected chi connectivity index (χ3v) is 15.2. The van der Waals surface area contributed by atoms with E-state index in [4.69, 9.17) is 14.2 Å². The van der Waals surface area contributed by atoms with Gasteiger partial charge in [-0.15, -0.1) is 0 Å². The zero-order chi connectivity index (χ0) is 63.1. The van der Waals surface area contributed by atoms with Crippen molar-refractivity contribution in [3.05, 3.63) is 146 Å². The first kappa shape index (κ1) is 80.6. The van der Waals surface area contributed by atoms with Gasteiger partial charge in [-0.25, -0.2) is 0 Å². The number of esters is 1. The van der Waals surface area contributed by atoms with E-state index in [1.807, 2.05) is 6.08 Å². The van der Waals surface area contributed by atoms with Crippen LogP contribution in [0.5, 0.6) is 0 Å². The number of nitrogens with one attached hydrogen (secondary N) is 1. The number of hydrogen-bond acceptors (Lipinski definition) is 10. The molecule has 0 aromatic heterocycles. The van der Waals surface area contributed by atoms with Crippen molar-refractivity contribution < 1.29 is 49.3 Å². The number of aliphatic hydroxyl groups is 5. The molecule has 1 heterocycles. The van der Waals surface area contributed by atoms with Crippen LogP contribution in [-0.4, -0.2) is 99.6 Å². The van der Waals surface area contributed by atoms with Gasteiger partial charge in [0.05, 0.1) is 25.4 Å². The molecule has 8 unspecified atom stereocenters. The van der Waals surface area contributed by atoms with Crippen molar-refractivity contribution in [1.29, 1.82) is 0 Å². The lowest BCUT2D eigenvalue weighted by Gasteiger charge is -2.41. The Balaban J connectivity index is 2.66. The van der Waals surface area contributed by atoms with Gasteiger partial charge >= 0.3 is 5.97 Å². The Kier molecular flexibility index (Phi) is 57.2. The first-order chi connectivity index (χ1) is 42.7. The van der Waals surface area contributed by atoms with Crippen LogP contribution in [-0.2, 0) is 23.8 Å². The highest BCUT2D eigenvalue weighted by atomic mass is 16.7. The van der Waals surface area contributed by atoms with Crippen LogP contribution in [0.1, 0.15) is 258 Å². The van der Waals surface area contributed by atoms with Gasteiger partial charge in [0, 0.05) is 6.42 Å². The zero-order valence-electron chi connectivity index (χ0n) is 54.8. The minimum atomic E-state index is -1.63. The van der Waals surface area contributed by atoms with E-state index in [1.165, 1.54) is 51.4 Å².